The van der Waals surface area contributed by atoms with Crippen molar-refractivity contribution in [2.24, 2.45) is 0 Å². The minimum Gasteiger partial charge on any atom is -0.363 e. The molecule has 0 saturated heterocycles. The van der Waals surface area contributed by atoms with Crippen molar-refractivity contribution in [1.29, 1.82) is 0 Å². The Kier molecular flexibility index (Phi) is 3.16. The molecule has 0 atom stereocenters. The molecule has 0 spiro atoms. The molecule has 1 N–H and O–H groups in total. The number of aromatic nitrogens is 2. The van der Waals surface area contributed by atoms with Crippen molar-refractivity contribution < 1.29 is 8.78 Å². The summed E-state index contributed by atoms with van der Waals surface area (Å²) in [6.45, 7) is -0.434. The first-order valence-corrected chi connectivity index (χ1v) is 3.57. The van der Waals surface area contributed by atoms with E-state index in [1.165, 1.54) is 12.1 Å². The van der Waals surface area contributed by atoms with Crippen molar-refractivity contribution in [3.05, 3.63) is 17.3 Å². The van der Waals surface area contributed by atoms with Gasteiger partial charge >= 0.3 is 0 Å². The van der Waals surface area contributed by atoms with Crippen LogP contribution < -0.4 is 5.32 Å². The molecule has 0 bridgehead atoms. The van der Waals surface area contributed by atoms with E-state index in [2.05, 4.69) is 15.5 Å². The molecule has 1 rings (SSSR count). The lowest BCUT2D eigenvalue weighted by Gasteiger charge is -2.02. The minimum atomic E-state index is -2.40. The summed E-state index contributed by atoms with van der Waals surface area (Å²) < 4.78 is 23.3. The van der Waals surface area contributed by atoms with Gasteiger partial charge in [0.15, 0.2) is 5.15 Å². The van der Waals surface area contributed by atoms with Crippen LogP contribution in [-0.2, 0) is 0 Å². The van der Waals surface area contributed by atoms with Gasteiger partial charge in [0.2, 0.25) is 0 Å². The van der Waals surface area contributed by atoms with Crippen molar-refractivity contribution in [1.82, 2.24) is 10.2 Å². The molecule has 0 aromatic carbocycles. The second kappa shape index (κ2) is 4.15. The number of rotatable bonds is 3. The fourth-order valence-corrected chi connectivity index (χ4v) is 0.693. The molecular weight excluding hydrogens is 188 g/mol. The second-order valence-electron chi connectivity index (χ2n) is 2.01. The Labute approximate surface area is 72.8 Å². The lowest BCUT2D eigenvalue weighted by Crippen LogP contribution is -2.11. The molecule has 0 aliphatic carbocycles. The molecule has 12 heavy (non-hydrogen) atoms. The molecule has 1 aromatic rings. The zero-order valence-electron chi connectivity index (χ0n) is 5.97. The van der Waals surface area contributed by atoms with Crippen LogP contribution >= 0.6 is 11.6 Å². The number of alkyl halides is 2. The van der Waals surface area contributed by atoms with Gasteiger partial charge in [-0.05, 0) is 12.1 Å². The number of anilines is 1. The average molecular weight is 194 g/mol. The van der Waals surface area contributed by atoms with Crippen LogP contribution in [0.3, 0.4) is 0 Å². The molecule has 3 nitrogen and oxygen atoms in total. The van der Waals surface area contributed by atoms with E-state index < -0.39 is 13.0 Å². The van der Waals surface area contributed by atoms with E-state index in [4.69, 9.17) is 11.6 Å². The van der Waals surface area contributed by atoms with Gasteiger partial charge < -0.3 is 5.32 Å². The van der Waals surface area contributed by atoms with Crippen molar-refractivity contribution in [3.8, 4) is 0 Å². The fraction of sp³-hybridized carbons (Fsp3) is 0.333. The number of halogens is 3. The van der Waals surface area contributed by atoms with Crippen molar-refractivity contribution in [3.63, 3.8) is 0 Å². The first-order chi connectivity index (χ1) is 5.68. The smallest absolute Gasteiger partial charge is 0.255 e. The van der Waals surface area contributed by atoms with Gasteiger partial charge in [-0.1, -0.05) is 11.6 Å². The van der Waals surface area contributed by atoms with Gasteiger partial charge in [0.1, 0.15) is 5.82 Å². The third kappa shape index (κ3) is 2.96. The van der Waals surface area contributed by atoms with Gasteiger partial charge in [0.25, 0.3) is 6.43 Å². The van der Waals surface area contributed by atoms with E-state index in [0.29, 0.717) is 5.82 Å². The van der Waals surface area contributed by atoms with Crippen LogP contribution in [0.1, 0.15) is 0 Å². The van der Waals surface area contributed by atoms with Gasteiger partial charge in [-0.3, -0.25) is 0 Å². The van der Waals surface area contributed by atoms with Crippen molar-refractivity contribution in [2.75, 3.05) is 11.9 Å². The summed E-state index contributed by atoms with van der Waals surface area (Å²) in [4.78, 5) is 0. The zero-order valence-corrected chi connectivity index (χ0v) is 6.72. The first-order valence-electron chi connectivity index (χ1n) is 3.20. The molecule has 0 saturated carbocycles. The number of hydrogen-bond donors (Lipinski definition) is 1. The van der Waals surface area contributed by atoms with Crippen LogP contribution in [0.2, 0.25) is 5.15 Å². The summed E-state index contributed by atoms with van der Waals surface area (Å²) in [5, 5.41) is 9.61. The van der Waals surface area contributed by atoms with E-state index in [-0.39, 0.29) is 5.15 Å². The van der Waals surface area contributed by atoms with E-state index in [1.54, 1.807) is 0 Å². The normalized spacial score (nSPS) is 10.3. The van der Waals surface area contributed by atoms with Crippen molar-refractivity contribution >= 4 is 17.4 Å². The van der Waals surface area contributed by atoms with E-state index in [1.807, 2.05) is 0 Å². The highest BCUT2D eigenvalue weighted by molar-refractivity contribution is 6.29. The molecule has 0 aliphatic heterocycles. The number of hydrogen-bond acceptors (Lipinski definition) is 3. The first kappa shape index (κ1) is 9.12. The third-order valence-electron chi connectivity index (χ3n) is 1.07. The van der Waals surface area contributed by atoms with Gasteiger partial charge in [0.05, 0.1) is 6.54 Å². The van der Waals surface area contributed by atoms with Gasteiger partial charge in [-0.2, -0.15) is 0 Å². The van der Waals surface area contributed by atoms with E-state index in [9.17, 15) is 8.78 Å². The Balaban J connectivity index is 2.48. The molecule has 6 heteroatoms. The van der Waals surface area contributed by atoms with Gasteiger partial charge in [-0.25, -0.2) is 8.78 Å². The second-order valence-corrected chi connectivity index (χ2v) is 2.40. The lowest BCUT2D eigenvalue weighted by atomic mass is 10.5. The molecule has 66 valence electrons. The van der Waals surface area contributed by atoms with Crippen LogP contribution in [0.25, 0.3) is 0 Å². The molecule has 0 fully saturated rings. The third-order valence-corrected chi connectivity index (χ3v) is 1.27. The Hall–Kier alpha value is -0.970. The molecule has 1 heterocycles. The average Bonchev–Trinajstić information content (AvgIpc) is 2.03. The Morgan fingerprint density at radius 3 is 2.67 bits per heavy atom. The molecule has 0 unspecified atom stereocenters. The SMILES string of the molecule is FC(F)CNc1ccc(Cl)nn1. The lowest BCUT2D eigenvalue weighted by molar-refractivity contribution is 0.163. The summed E-state index contributed by atoms with van der Waals surface area (Å²) in [5.74, 6) is 0.291. The maximum absolute atomic E-state index is 11.7. The summed E-state index contributed by atoms with van der Waals surface area (Å²) in [7, 11) is 0. The monoisotopic (exact) mass is 193 g/mol. The zero-order chi connectivity index (χ0) is 8.97. The predicted octanol–water partition coefficient (Wildman–Crippen LogP) is 1.81. The summed E-state index contributed by atoms with van der Waals surface area (Å²) in [6, 6.07) is 2.96. The molecule has 0 amide bonds. The summed E-state index contributed by atoms with van der Waals surface area (Å²) in [5.41, 5.74) is 0. The van der Waals surface area contributed by atoms with Crippen LogP contribution in [0, 0.1) is 0 Å². The Morgan fingerprint density at radius 2 is 2.17 bits per heavy atom. The molecule has 0 aliphatic rings. The highest BCUT2D eigenvalue weighted by Gasteiger charge is 2.01. The summed E-state index contributed by atoms with van der Waals surface area (Å²) >= 11 is 5.42. The van der Waals surface area contributed by atoms with Crippen LogP contribution in [0.4, 0.5) is 14.6 Å². The maximum atomic E-state index is 11.7. The standard InChI is InChI=1S/C6H6ClF2N3/c7-4-1-2-6(12-11-4)10-3-5(8)9/h1-2,5H,3H2,(H,10,12). The Bertz CT molecular complexity index is 239. The maximum Gasteiger partial charge on any atom is 0.255 e. The van der Waals surface area contributed by atoms with Gasteiger partial charge in [0, 0.05) is 0 Å². The van der Waals surface area contributed by atoms with Crippen LogP contribution in [0.5, 0.6) is 0 Å². The predicted molar refractivity (Wildman–Crippen MR) is 41.5 cm³/mol. The highest BCUT2D eigenvalue weighted by atomic mass is 35.5. The largest absolute Gasteiger partial charge is 0.363 e. The fourth-order valence-electron chi connectivity index (χ4n) is 0.592. The van der Waals surface area contributed by atoms with Crippen LogP contribution in [-0.4, -0.2) is 23.2 Å². The number of nitrogens with zero attached hydrogens (tertiary/aromatic N) is 2. The quantitative estimate of drug-likeness (QED) is 0.796. The van der Waals surface area contributed by atoms with E-state index >= 15 is 0 Å². The topological polar surface area (TPSA) is 37.8 Å². The molecular formula is C6H6ClF2N3. The van der Waals surface area contributed by atoms with Crippen molar-refractivity contribution in [2.45, 2.75) is 6.43 Å². The highest BCUT2D eigenvalue weighted by Crippen LogP contribution is 2.06. The Morgan fingerprint density at radius 1 is 1.42 bits per heavy atom. The van der Waals surface area contributed by atoms with E-state index in [0.717, 1.165) is 0 Å². The summed E-state index contributed by atoms with van der Waals surface area (Å²) in [6.07, 6.45) is -2.40. The molecule has 0 radical (unpaired) electrons. The number of nitrogens with one attached hydrogen (secondary N) is 1. The minimum absolute atomic E-state index is 0.234. The van der Waals surface area contributed by atoms with Gasteiger partial charge in [-0.15, -0.1) is 10.2 Å². The molecule has 1 aromatic heterocycles. The van der Waals surface area contributed by atoms with Crippen LogP contribution in [0.15, 0.2) is 12.1 Å².